The SMILES string of the molecule is Fc1cc(CNc2ccc3[nH]ccc3c2)ccc1Br. The summed E-state index contributed by atoms with van der Waals surface area (Å²) in [4.78, 5) is 3.15. The van der Waals surface area contributed by atoms with Crippen LogP contribution in [0, 0.1) is 5.82 Å². The van der Waals surface area contributed by atoms with E-state index in [-0.39, 0.29) is 5.82 Å². The van der Waals surface area contributed by atoms with Crippen LogP contribution in [-0.4, -0.2) is 4.98 Å². The van der Waals surface area contributed by atoms with Gasteiger partial charge < -0.3 is 10.3 Å². The predicted octanol–water partition coefficient (Wildman–Crippen LogP) is 4.68. The number of anilines is 1. The molecule has 0 saturated heterocycles. The monoisotopic (exact) mass is 318 g/mol. The Balaban J connectivity index is 1.75. The molecule has 0 atom stereocenters. The summed E-state index contributed by atoms with van der Waals surface area (Å²) in [6.45, 7) is 0.597. The molecule has 0 unspecified atom stereocenters. The van der Waals surface area contributed by atoms with Gasteiger partial charge in [0, 0.05) is 29.3 Å². The van der Waals surface area contributed by atoms with Gasteiger partial charge in [-0.2, -0.15) is 0 Å². The number of fused-ring (bicyclic) bond motifs is 1. The van der Waals surface area contributed by atoms with Crippen molar-refractivity contribution < 1.29 is 4.39 Å². The molecule has 1 aromatic heterocycles. The van der Waals surface area contributed by atoms with E-state index in [2.05, 4.69) is 32.3 Å². The molecule has 0 fully saturated rings. The smallest absolute Gasteiger partial charge is 0.137 e. The largest absolute Gasteiger partial charge is 0.381 e. The summed E-state index contributed by atoms with van der Waals surface area (Å²) in [6, 6.07) is 13.3. The fourth-order valence-electron chi connectivity index (χ4n) is 2.02. The number of hydrogen-bond donors (Lipinski definition) is 2. The van der Waals surface area contributed by atoms with E-state index < -0.39 is 0 Å². The minimum absolute atomic E-state index is 0.236. The molecule has 0 aliphatic rings. The van der Waals surface area contributed by atoms with Crippen LogP contribution in [0.1, 0.15) is 5.56 Å². The Kier molecular flexibility index (Phi) is 3.25. The molecule has 2 N–H and O–H groups in total. The maximum absolute atomic E-state index is 13.4. The van der Waals surface area contributed by atoms with Crippen molar-refractivity contribution in [3.8, 4) is 0 Å². The molecule has 0 saturated carbocycles. The number of rotatable bonds is 3. The van der Waals surface area contributed by atoms with Gasteiger partial charge in [-0.25, -0.2) is 4.39 Å². The van der Waals surface area contributed by atoms with E-state index in [0.29, 0.717) is 11.0 Å². The number of benzene rings is 2. The van der Waals surface area contributed by atoms with Crippen LogP contribution in [0.5, 0.6) is 0 Å². The van der Waals surface area contributed by atoms with Crippen molar-refractivity contribution in [2.24, 2.45) is 0 Å². The summed E-state index contributed by atoms with van der Waals surface area (Å²) in [5.74, 6) is -0.236. The van der Waals surface area contributed by atoms with Crippen LogP contribution < -0.4 is 5.32 Å². The molecule has 0 bridgehead atoms. The number of aromatic nitrogens is 1. The Labute approximate surface area is 118 Å². The summed E-state index contributed by atoms with van der Waals surface area (Å²) in [5, 5.41) is 4.45. The molecule has 0 spiro atoms. The highest BCUT2D eigenvalue weighted by atomic mass is 79.9. The van der Waals surface area contributed by atoms with Gasteiger partial charge in [-0.3, -0.25) is 0 Å². The van der Waals surface area contributed by atoms with Crippen molar-refractivity contribution in [2.45, 2.75) is 6.54 Å². The lowest BCUT2D eigenvalue weighted by Gasteiger charge is -2.07. The van der Waals surface area contributed by atoms with E-state index in [4.69, 9.17) is 0 Å². The van der Waals surface area contributed by atoms with Gasteiger partial charge in [-0.1, -0.05) is 6.07 Å². The van der Waals surface area contributed by atoms with Gasteiger partial charge >= 0.3 is 0 Å². The van der Waals surface area contributed by atoms with E-state index in [0.717, 1.165) is 22.2 Å². The van der Waals surface area contributed by atoms with E-state index in [1.165, 1.54) is 6.07 Å². The highest BCUT2D eigenvalue weighted by molar-refractivity contribution is 9.10. The first-order valence-corrected chi connectivity index (χ1v) is 6.76. The molecule has 2 aromatic carbocycles. The van der Waals surface area contributed by atoms with Crippen LogP contribution in [-0.2, 0) is 6.54 Å². The van der Waals surface area contributed by atoms with Crippen molar-refractivity contribution in [2.75, 3.05) is 5.32 Å². The van der Waals surface area contributed by atoms with Gasteiger partial charge in [0.25, 0.3) is 0 Å². The molecule has 3 aromatic rings. The third kappa shape index (κ3) is 2.63. The Hall–Kier alpha value is -1.81. The lowest BCUT2D eigenvalue weighted by atomic mass is 10.2. The van der Waals surface area contributed by atoms with Crippen molar-refractivity contribution in [3.05, 3.63) is 64.5 Å². The highest BCUT2D eigenvalue weighted by Gasteiger charge is 2.01. The quantitative estimate of drug-likeness (QED) is 0.721. The minimum Gasteiger partial charge on any atom is -0.381 e. The third-order valence-corrected chi connectivity index (χ3v) is 3.68. The zero-order chi connectivity index (χ0) is 13.2. The van der Waals surface area contributed by atoms with Gasteiger partial charge in [0.1, 0.15) is 5.82 Å². The predicted molar refractivity (Wildman–Crippen MR) is 79.7 cm³/mol. The zero-order valence-corrected chi connectivity index (χ0v) is 11.7. The van der Waals surface area contributed by atoms with Gasteiger partial charge in [0.05, 0.1) is 4.47 Å². The molecule has 4 heteroatoms. The summed E-state index contributed by atoms with van der Waals surface area (Å²) in [5.41, 5.74) is 3.05. The Morgan fingerprint density at radius 1 is 1.11 bits per heavy atom. The van der Waals surface area contributed by atoms with Crippen LogP contribution in [0.25, 0.3) is 10.9 Å². The normalized spacial score (nSPS) is 10.8. The number of H-pyrrole nitrogens is 1. The second-order valence-corrected chi connectivity index (χ2v) is 5.24. The second-order valence-electron chi connectivity index (χ2n) is 4.38. The average Bonchev–Trinajstić information content (AvgIpc) is 2.87. The topological polar surface area (TPSA) is 27.8 Å². The third-order valence-electron chi connectivity index (χ3n) is 3.03. The molecular weight excluding hydrogens is 307 g/mol. The van der Waals surface area contributed by atoms with Gasteiger partial charge in [-0.05, 0) is 57.9 Å². The number of nitrogens with one attached hydrogen (secondary N) is 2. The first-order valence-electron chi connectivity index (χ1n) is 5.97. The molecule has 0 amide bonds. The summed E-state index contributed by atoms with van der Waals surface area (Å²) < 4.78 is 13.9. The minimum atomic E-state index is -0.236. The summed E-state index contributed by atoms with van der Waals surface area (Å²) >= 11 is 3.15. The first kappa shape index (κ1) is 12.2. The molecule has 0 aliphatic carbocycles. The number of halogens is 2. The molecule has 2 nitrogen and oxygen atoms in total. The molecule has 1 heterocycles. The Morgan fingerprint density at radius 2 is 2.00 bits per heavy atom. The molecule has 19 heavy (non-hydrogen) atoms. The molecule has 3 rings (SSSR count). The fourth-order valence-corrected chi connectivity index (χ4v) is 2.26. The van der Waals surface area contributed by atoms with Crippen molar-refractivity contribution in [1.29, 1.82) is 0 Å². The second kappa shape index (κ2) is 5.05. The van der Waals surface area contributed by atoms with Crippen molar-refractivity contribution in [1.82, 2.24) is 4.98 Å². The Bertz CT molecular complexity index is 721. The molecule has 0 radical (unpaired) electrons. The fraction of sp³-hybridized carbons (Fsp3) is 0.0667. The van der Waals surface area contributed by atoms with Gasteiger partial charge in [0.15, 0.2) is 0 Å². The average molecular weight is 319 g/mol. The van der Waals surface area contributed by atoms with E-state index in [9.17, 15) is 4.39 Å². The van der Waals surface area contributed by atoms with Crippen molar-refractivity contribution in [3.63, 3.8) is 0 Å². The van der Waals surface area contributed by atoms with E-state index >= 15 is 0 Å². The highest BCUT2D eigenvalue weighted by Crippen LogP contribution is 2.20. The number of hydrogen-bond acceptors (Lipinski definition) is 1. The molecule has 0 aliphatic heterocycles. The van der Waals surface area contributed by atoms with Crippen LogP contribution in [0.2, 0.25) is 0 Å². The number of aromatic amines is 1. The first-order chi connectivity index (χ1) is 9.22. The van der Waals surface area contributed by atoms with Crippen LogP contribution in [0.15, 0.2) is 53.1 Å². The van der Waals surface area contributed by atoms with Gasteiger partial charge in [0.2, 0.25) is 0 Å². The maximum atomic E-state index is 13.4. The summed E-state index contributed by atoms with van der Waals surface area (Å²) in [7, 11) is 0. The standard InChI is InChI=1S/C15H12BrFN2/c16-13-3-1-10(7-14(13)17)9-19-12-2-4-15-11(8-12)5-6-18-15/h1-8,18-19H,9H2. The maximum Gasteiger partial charge on any atom is 0.137 e. The van der Waals surface area contributed by atoms with Crippen LogP contribution >= 0.6 is 15.9 Å². The zero-order valence-electron chi connectivity index (χ0n) is 10.1. The molecular formula is C15H12BrFN2. The lowest BCUT2D eigenvalue weighted by Crippen LogP contribution is -1.99. The van der Waals surface area contributed by atoms with E-state index in [1.807, 2.05) is 30.5 Å². The Morgan fingerprint density at radius 3 is 2.84 bits per heavy atom. The summed E-state index contributed by atoms with van der Waals surface area (Å²) in [6.07, 6.45) is 1.92. The lowest BCUT2D eigenvalue weighted by molar-refractivity contribution is 0.619. The van der Waals surface area contributed by atoms with Crippen LogP contribution in [0.4, 0.5) is 10.1 Å². The van der Waals surface area contributed by atoms with E-state index in [1.54, 1.807) is 6.07 Å². The molecule has 96 valence electrons. The van der Waals surface area contributed by atoms with Gasteiger partial charge in [-0.15, -0.1) is 0 Å². The van der Waals surface area contributed by atoms with Crippen LogP contribution in [0.3, 0.4) is 0 Å². The van der Waals surface area contributed by atoms with Crippen molar-refractivity contribution >= 4 is 32.5 Å².